The molecule has 3 N–H and O–H groups in total. The predicted octanol–water partition coefficient (Wildman–Crippen LogP) is 2.64. The molecule has 0 aromatic carbocycles. The van der Waals surface area contributed by atoms with Crippen LogP contribution in [-0.2, 0) is 0 Å². The zero-order valence-corrected chi connectivity index (χ0v) is 12.6. The van der Waals surface area contributed by atoms with E-state index < -0.39 is 0 Å². The number of nitrogens with zero attached hydrogens (tertiary/aromatic N) is 1. The number of nitrogens with two attached hydrogens (primary N) is 1. The average Bonchev–Trinajstić information content (AvgIpc) is 2.66. The summed E-state index contributed by atoms with van der Waals surface area (Å²) >= 11 is 1.32. The highest BCUT2D eigenvalue weighted by Crippen LogP contribution is 2.34. The molecule has 0 spiro atoms. The third-order valence-electron chi connectivity index (χ3n) is 3.03. The van der Waals surface area contributed by atoms with Crippen molar-refractivity contribution in [2.45, 2.75) is 33.2 Å². The lowest BCUT2D eigenvalue weighted by molar-refractivity contribution is 0.0946. The van der Waals surface area contributed by atoms with Gasteiger partial charge in [-0.1, -0.05) is 0 Å². The number of carbonyl (C=O) groups is 1. The molecule has 4 nitrogen and oxygen atoms in total. The summed E-state index contributed by atoms with van der Waals surface area (Å²) in [5.74, 6) is 2.34. The second-order valence-electron chi connectivity index (χ2n) is 4.89. The molecular formula is C15H17N3OS. The Morgan fingerprint density at radius 3 is 2.95 bits per heavy atom. The summed E-state index contributed by atoms with van der Waals surface area (Å²) in [4.78, 5) is 18.0. The lowest BCUT2D eigenvalue weighted by Gasteiger charge is -2.10. The number of nitrogen functional groups attached to an aromatic ring is 1. The van der Waals surface area contributed by atoms with E-state index in [1.54, 1.807) is 0 Å². The Labute approximate surface area is 122 Å². The minimum absolute atomic E-state index is 0.0760. The Kier molecular flexibility index (Phi) is 3.96. The van der Waals surface area contributed by atoms with Crippen LogP contribution in [0.5, 0.6) is 0 Å². The lowest BCUT2D eigenvalue weighted by Crippen LogP contribution is -2.32. The van der Waals surface area contributed by atoms with Gasteiger partial charge in [0.2, 0.25) is 0 Å². The van der Waals surface area contributed by atoms with Crippen LogP contribution in [0.3, 0.4) is 0 Å². The van der Waals surface area contributed by atoms with Gasteiger partial charge in [-0.05, 0) is 32.4 Å². The van der Waals surface area contributed by atoms with E-state index in [0.717, 1.165) is 21.5 Å². The monoisotopic (exact) mass is 287 g/mol. The molecule has 20 heavy (non-hydrogen) atoms. The fraction of sp³-hybridized carbons (Fsp3) is 0.333. The third kappa shape index (κ3) is 2.61. The Morgan fingerprint density at radius 2 is 2.30 bits per heavy atom. The van der Waals surface area contributed by atoms with E-state index in [2.05, 4.69) is 16.2 Å². The first-order chi connectivity index (χ1) is 9.43. The number of carbonyl (C=O) groups excluding carboxylic acids is 1. The van der Waals surface area contributed by atoms with Crippen LogP contribution in [0.15, 0.2) is 6.07 Å². The van der Waals surface area contributed by atoms with Gasteiger partial charge in [-0.3, -0.25) is 4.79 Å². The number of aryl methyl sites for hydroxylation is 2. The molecule has 1 unspecified atom stereocenters. The maximum absolute atomic E-state index is 12.2. The number of thiophene rings is 1. The molecule has 0 radical (unpaired) electrons. The van der Waals surface area contributed by atoms with E-state index in [1.165, 1.54) is 11.3 Å². The van der Waals surface area contributed by atoms with Crippen LogP contribution in [0.25, 0.3) is 10.2 Å². The first-order valence-corrected chi connectivity index (χ1v) is 7.16. The van der Waals surface area contributed by atoms with Crippen molar-refractivity contribution in [3.63, 3.8) is 0 Å². The largest absolute Gasteiger partial charge is 0.397 e. The Bertz CT molecular complexity index is 712. The summed E-state index contributed by atoms with van der Waals surface area (Å²) < 4.78 is 0. The van der Waals surface area contributed by atoms with E-state index in [9.17, 15) is 4.79 Å². The Balaban J connectivity index is 2.41. The maximum Gasteiger partial charge on any atom is 0.263 e. The van der Waals surface area contributed by atoms with Crippen LogP contribution in [0.1, 0.15) is 34.3 Å². The summed E-state index contributed by atoms with van der Waals surface area (Å²) in [6.07, 6.45) is 5.73. The molecule has 2 rings (SSSR count). The number of hydrogen-bond donors (Lipinski definition) is 2. The lowest BCUT2D eigenvalue weighted by atomic mass is 10.1. The smallest absolute Gasteiger partial charge is 0.263 e. The van der Waals surface area contributed by atoms with Gasteiger partial charge in [0.15, 0.2) is 0 Å². The summed E-state index contributed by atoms with van der Waals surface area (Å²) in [7, 11) is 0. The highest BCUT2D eigenvalue weighted by atomic mass is 32.1. The molecule has 2 aromatic heterocycles. The van der Waals surface area contributed by atoms with Gasteiger partial charge in [-0.25, -0.2) is 4.98 Å². The molecule has 1 amide bonds. The van der Waals surface area contributed by atoms with Gasteiger partial charge in [0.25, 0.3) is 5.91 Å². The normalized spacial score (nSPS) is 12.1. The minimum Gasteiger partial charge on any atom is -0.397 e. The third-order valence-corrected chi connectivity index (χ3v) is 4.13. The van der Waals surface area contributed by atoms with Crippen molar-refractivity contribution in [3.8, 4) is 12.3 Å². The van der Waals surface area contributed by atoms with Gasteiger partial charge in [-0.2, -0.15) is 0 Å². The molecular weight excluding hydrogens is 270 g/mol. The number of terminal acetylenes is 1. The van der Waals surface area contributed by atoms with Crippen LogP contribution in [0, 0.1) is 26.2 Å². The number of fused-ring (bicyclic) bond motifs is 1. The summed E-state index contributed by atoms with van der Waals surface area (Å²) in [5.41, 5.74) is 8.57. The van der Waals surface area contributed by atoms with Crippen LogP contribution >= 0.6 is 11.3 Å². The second kappa shape index (κ2) is 5.51. The molecule has 0 saturated heterocycles. The molecule has 0 fully saturated rings. The van der Waals surface area contributed by atoms with Gasteiger partial charge in [0.05, 0.1) is 5.69 Å². The van der Waals surface area contributed by atoms with Gasteiger partial charge in [0, 0.05) is 23.5 Å². The molecule has 0 aliphatic heterocycles. The highest BCUT2D eigenvalue weighted by molar-refractivity contribution is 7.21. The van der Waals surface area contributed by atoms with Gasteiger partial charge in [0.1, 0.15) is 9.71 Å². The zero-order chi connectivity index (χ0) is 14.9. The van der Waals surface area contributed by atoms with Crippen LogP contribution < -0.4 is 11.1 Å². The van der Waals surface area contributed by atoms with Gasteiger partial charge >= 0.3 is 0 Å². The molecule has 5 heteroatoms. The van der Waals surface area contributed by atoms with Crippen molar-refractivity contribution in [1.29, 1.82) is 0 Å². The van der Waals surface area contributed by atoms with Crippen LogP contribution in [0.4, 0.5) is 5.69 Å². The molecule has 1 atom stereocenters. The summed E-state index contributed by atoms with van der Waals surface area (Å²) in [6, 6.07) is 1.89. The second-order valence-corrected chi connectivity index (χ2v) is 5.89. The van der Waals surface area contributed by atoms with E-state index in [-0.39, 0.29) is 11.9 Å². The van der Waals surface area contributed by atoms with Crippen LogP contribution in [0.2, 0.25) is 0 Å². The van der Waals surface area contributed by atoms with Crippen molar-refractivity contribution < 1.29 is 4.79 Å². The van der Waals surface area contributed by atoms with E-state index >= 15 is 0 Å². The molecule has 2 heterocycles. The first-order valence-electron chi connectivity index (χ1n) is 6.34. The molecule has 0 aliphatic carbocycles. The van der Waals surface area contributed by atoms with Gasteiger partial charge < -0.3 is 11.1 Å². The SMILES string of the molecule is C#CCC(C)NC(=O)c1sc2nc(C)cc(C)c2c1N. The minimum atomic E-state index is -0.190. The van der Waals surface area contributed by atoms with Crippen LogP contribution in [-0.4, -0.2) is 16.9 Å². The van der Waals surface area contributed by atoms with Crippen molar-refractivity contribution in [2.75, 3.05) is 5.73 Å². The Morgan fingerprint density at radius 1 is 1.60 bits per heavy atom. The predicted molar refractivity (Wildman–Crippen MR) is 83.9 cm³/mol. The zero-order valence-electron chi connectivity index (χ0n) is 11.8. The van der Waals surface area contributed by atoms with E-state index in [1.807, 2.05) is 26.8 Å². The highest BCUT2D eigenvalue weighted by Gasteiger charge is 2.19. The fourth-order valence-corrected chi connectivity index (χ4v) is 3.27. The molecule has 0 aliphatic rings. The average molecular weight is 287 g/mol. The topological polar surface area (TPSA) is 68.0 Å². The fourth-order valence-electron chi connectivity index (χ4n) is 2.15. The van der Waals surface area contributed by atoms with Gasteiger partial charge in [-0.15, -0.1) is 23.7 Å². The number of nitrogens with one attached hydrogen (secondary N) is 1. The van der Waals surface area contributed by atoms with Crippen molar-refractivity contribution in [2.24, 2.45) is 0 Å². The Hall–Kier alpha value is -2.06. The molecule has 0 saturated carbocycles. The number of rotatable bonds is 3. The number of aromatic nitrogens is 1. The standard InChI is InChI=1S/C15H17N3OS/c1-5-6-9(3)17-14(19)13-12(16)11-8(2)7-10(4)18-15(11)20-13/h1,7,9H,6,16H2,2-4H3,(H,17,19). The van der Waals surface area contributed by atoms with E-state index in [0.29, 0.717) is 17.0 Å². The first kappa shape index (κ1) is 14.4. The van der Waals surface area contributed by atoms with Crippen molar-refractivity contribution in [1.82, 2.24) is 10.3 Å². The number of anilines is 1. The molecule has 0 bridgehead atoms. The number of hydrogen-bond acceptors (Lipinski definition) is 4. The van der Waals surface area contributed by atoms with Crippen molar-refractivity contribution >= 4 is 33.1 Å². The maximum atomic E-state index is 12.2. The quantitative estimate of drug-likeness (QED) is 0.853. The molecule has 2 aromatic rings. The number of amides is 1. The van der Waals surface area contributed by atoms with Crippen molar-refractivity contribution in [3.05, 3.63) is 22.2 Å². The van der Waals surface area contributed by atoms with E-state index in [4.69, 9.17) is 12.2 Å². The summed E-state index contributed by atoms with van der Waals surface area (Å²) in [6.45, 7) is 5.77. The summed E-state index contributed by atoms with van der Waals surface area (Å²) in [5, 5.41) is 3.72. The number of pyridine rings is 1. The molecule has 104 valence electrons.